The Kier molecular flexibility index (Phi) is 27.4. The van der Waals surface area contributed by atoms with Crippen molar-refractivity contribution in [1.82, 2.24) is 0 Å². The van der Waals surface area contributed by atoms with Gasteiger partial charge in [-0.2, -0.15) is 53.5 Å². The Morgan fingerprint density at radius 2 is 0.807 bits per heavy atom. The molecule has 0 nitrogen and oxygen atoms in total. The fraction of sp³-hybridized carbons (Fsp3) is 0.358. The molecule has 0 spiro atoms. The summed E-state index contributed by atoms with van der Waals surface area (Å²) >= 11 is 6.47. The van der Waals surface area contributed by atoms with Crippen LogP contribution in [-0.2, 0) is 51.6 Å². The standard InChI is InChI=1S/C30H31S.2C10H15.C3H8S.2Ru/c1-22(2)31-21-30(28-17-10-25(5)11-18-28)29(20-27-14-8-24(4)9-15-27)19-16-26-12-6-23(3)7-13-26;2*1-6-7(2)9(4)10(5)8(6)3;1-3(2)4;;/h6-15,17-22H,1-5H3;2*1-5H3;3-4H,1-2H3;;/q-2;;;;2*+3/p-1/b30-21-;;;;;. The van der Waals surface area contributed by atoms with E-state index in [4.69, 9.17) is 0 Å². The molecule has 4 heteroatoms. The van der Waals surface area contributed by atoms with Crippen LogP contribution < -0.4 is 0 Å². The molecule has 57 heavy (non-hydrogen) atoms. The van der Waals surface area contributed by atoms with Gasteiger partial charge in [0.25, 0.3) is 0 Å². The molecule has 305 valence electrons. The summed E-state index contributed by atoms with van der Waals surface area (Å²) in [5, 5.41) is 3.23. The molecule has 5 rings (SSSR count). The zero-order chi connectivity index (χ0) is 41.6. The van der Waals surface area contributed by atoms with Crippen LogP contribution in [0.4, 0.5) is 0 Å². The third kappa shape index (κ3) is 18.7. The number of hydrogen-bond donors (Lipinski definition) is 0. The van der Waals surface area contributed by atoms with Crippen molar-refractivity contribution in [2.75, 3.05) is 0 Å². The van der Waals surface area contributed by atoms with Crippen molar-refractivity contribution in [2.24, 2.45) is 0 Å². The number of aryl methyl sites for hydroxylation is 3. The Balaban J connectivity index is 0.000000981. The quantitative estimate of drug-likeness (QED) is 0.119. The van der Waals surface area contributed by atoms with Crippen LogP contribution >= 0.6 is 11.8 Å². The summed E-state index contributed by atoms with van der Waals surface area (Å²) in [6.45, 7) is 36.8. The van der Waals surface area contributed by atoms with Crippen LogP contribution in [0.3, 0.4) is 0 Å². The van der Waals surface area contributed by atoms with Crippen LogP contribution in [-0.4, -0.2) is 10.5 Å². The molecule has 2 aliphatic carbocycles. The molecule has 0 unspecified atom stereocenters. The molecule has 0 heterocycles. The molecular weight excluding hydrogens is 903 g/mol. The van der Waals surface area contributed by atoms with Crippen molar-refractivity contribution in [3.05, 3.63) is 196 Å². The van der Waals surface area contributed by atoms with Crippen molar-refractivity contribution in [3.63, 3.8) is 0 Å². The average molecular weight is 971 g/mol. The fourth-order valence-corrected chi connectivity index (χ4v) is 6.58. The summed E-state index contributed by atoms with van der Waals surface area (Å²) in [5.41, 5.74) is 8.51. The first-order valence-corrected chi connectivity index (χ1v) is 21.1. The van der Waals surface area contributed by atoms with E-state index in [1.165, 1.54) is 92.6 Å². The number of benzene rings is 3. The van der Waals surface area contributed by atoms with E-state index in [9.17, 15) is 0 Å². The minimum Gasteiger partial charge on any atom is -0.790 e. The molecule has 15 radical (unpaired) electrons. The van der Waals surface area contributed by atoms with Crippen molar-refractivity contribution in [1.29, 1.82) is 0 Å². The summed E-state index contributed by atoms with van der Waals surface area (Å²) < 4.78 is 0. The van der Waals surface area contributed by atoms with E-state index in [0.29, 0.717) is 10.5 Å². The van der Waals surface area contributed by atoms with E-state index in [2.05, 4.69) is 214 Å². The summed E-state index contributed by atoms with van der Waals surface area (Å²) in [6.07, 6.45) is 7.89. The van der Waals surface area contributed by atoms with Gasteiger partial charge in [0, 0.05) is 5.25 Å². The van der Waals surface area contributed by atoms with Gasteiger partial charge in [0.2, 0.25) is 0 Å². The molecule has 0 N–H and O–H groups in total. The van der Waals surface area contributed by atoms with Gasteiger partial charge in [0.15, 0.2) is 0 Å². The summed E-state index contributed by atoms with van der Waals surface area (Å²) in [6, 6.07) is 26.0. The third-order valence-electron chi connectivity index (χ3n) is 10.6. The van der Waals surface area contributed by atoms with Gasteiger partial charge in [-0.15, -0.1) is 36.0 Å². The second-order valence-electron chi connectivity index (χ2n) is 15.5. The van der Waals surface area contributed by atoms with Crippen molar-refractivity contribution >= 4 is 30.0 Å². The molecule has 0 amide bonds. The van der Waals surface area contributed by atoms with Gasteiger partial charge in [-0.25, -0.2) is 0 Å². The van der Waals surface area contributed by atoms with Crippen LogP contribution in [0.5, 0.6) is 0 Å². The number of rotatable bonds is 9. The monoisotopic (exact) mass is 972 g/mol. The minimum atomic E-state index is 0. The minimum absolute atomic E-state index is 0. The summed E-state index contributed by atoms with van der Waals surface area (Å²) in [5.74, 6) is 15.8. The van der Waals surface area contributed by atoms with Crippen molar-refractivity contribution < 1.29 is 39.0 Å². The first-order chi connectivity index (χ1) is 25.7. The van der Waals surface area contributed by atoms with Crippen LogP contribution in [0.1, 0.15) is 130 Å². The van der Waals surface area contributed by atoms with E-state index in [1.807, 2.05) is 25.6 Å². The second kappa shape index (κ2) is 27.8. The predicted octanol–water partition coefficient (Wildman–Crippen LogP) is 15.1. The topological polar surface area (TPSA) is 0 Å². The normalized spacial score (nSPS) is 17.0. The second-order valence-corrected chi connectivity index (χ2v) is 17.9. The maximum atomic E-state index is 4.62. The van der Waals surface area contributed by atoms with Gasteiger partial charge < -0.3 is 12.6 Å². The van der Waals surface area contributed by atoms with Crippen LogP contribution in [0, 0.1) is 105 Å². The number of hydrogen-bond acceptors (Lipinski definition) is 2. The van der Waals surface area contributed by atoms with E-state index < -0.39 is 0 Å². The van der Waals surface area contributed by atoms with E-state index >= 15 is 0 Å². The summed E-state index contributed by atoms with van der Waals surface area (Å²) in [4.78, 5) is 0. The van der Waals surface area contributed by atoms with Gasteiger partial charge in [0.05, 0.1) is 0 Å². The molecule has 3 aromatic rings. The van der Waals surface area contributed by atoms with Gasteiger partial charge in [-0.05, 0) is 102 Å². The van der Waals surface area contributed by atoms with Gasteiger partial charge >= 0.3 is 39.0 Å². The fourth-order valence-electron chi connectivity index (χ4n) is 5.90. The predicted molar refractivity (Wildman–Crippen MR) is 249 cm³/mol. The molecule has 0 bridgehead atoms. The average Bonchev–Trinajstić information content (AvgIpc) is 3.42. The van der Waals surface area contributed by atoms with Gasteiger partial charge in [-0.1, -0.05) is 144 Å². The smallest absolute Gasteiger partial charge is 0.790 e. The molecule has 2 fully saturated rings. The largest absolute Gasteiger partial charge is 3.00 e. The Labute approximate surface area is 390 Å². The maximum Gasteiger partial charge on any atom is 3.00 e. The molecule has 0 aliphatic heterocycles. The third-order valence-corrected chi connectivity index (χ3v) is 11.5. The molecular formula is C53H68Ru2S2+3. The van der Waals surface area contributed by atoms with Crippen molar-refractivity contribution in [3.8, 4) is 0 Å². The molecule has 0 saturated heterocycles. The Morgan fingerprint density at radius 3 is 1.12 bits per heavy atom. The Hall–Kier alpha value is -0.913. The Bertz CT molecular complexity index is 1390. The van der Waals surface area contributed by atoms with Gasteiger partial charge in [0.1, 0.15) is 0 Å². The molecule has 2 aliphatic rings. The van der Waals surface area contributed by atoms with Crippen LogP contribution in [0.25, 0.3) is 5.57 Å². The van der Waals surface area contributed by atoms with E-state index in [1.54, 1.807) is 0 Å². The summed E-state index contributed by atoms with van der Waals surface area (Å²) in [7, 11) is 0. The Morgan fingerprint density at radius 1 is 0.509 bits per heavy atom. The van der Waals surface area contributed by atoms with E-state index in [-0.39, 0.29) is 39.0 Å². The first-order valence-electron chi connectivity index (χ1n) is 19.7. The number of thioether (sulfide) groups is 1. The van der Waals surface area contributed by atoms with Crippen LogP contribution in [0.15, 0.2) is 78.2 Å². The SMILES string of the molecule is CC(C)[S-].C[C]1[C](C)[C](C)[C](C)[C]1C.C[C]1[C](C)[C](C)[C](C)[C]1C.Cc1ccc([C-][CH][C]([CH-]c2ccc(C)cc2)/C(=C\SC(C)C)c2ccc(C)cc2)cc1.[Ru+3].[Ru+3]. The zero-order valence-corrected chi connectivity index (χ0v) is 42.9. The molecule has 2 saturated carbocycles. The first kappa shape index (κ1) is 56.1. The maximum absolute atomic E-state index is 4.62. The van der Waals surface area contributed by atoms with Gasteiger partial charge in [-0.3, -0.25) is 0 Å². The molecule has 0 aromatic heterocycles. The van der Waals surface area contributed by atoms with Crippen molar-refractivity contribution in [2.45, 2.75) is 128 Å². The molecule has 0 atom stereocenters. The zero-order valence-electron chi connectivity index (χ0n) is 37.8. The molecule has 3 aromatic carbocycles. The number of allylic oxidation sites excluding steroid dienone is 1. The van der Waals surface area contributed by atoms with E-state index in [0.717, 1.165) is 11.5 Å². The van der Waals surface area contributed by atoms with Crippen LogP contribution in [0.2, 0.25) is 0 Å².